The number of ether oxygens (including phenoxy) is 2. The number of methoxy groups -OCH3 is 2. The minimum Gasteiger partial charge on any atom is -0.493 e. The number of carbonyl (C=O) groups is 2. The van der Waals surface area contributed by atoms with E-state index in [-0.39, 0.29) is 36.7 Å². The van der Waals surface area contributed by atoms with Crippen LogP contribution in [0.1, 0.15) is 38.3 Å². The van der Waals surface area contributed by atoms with E-state index in [4.69, 9.17) is 20.3 Å². The zero-order chi connectivity index (χ0) is 26.4. The molecular weight excluding hydrogens is 455 g/mol. The molecule has 0 bridgehead atoms. The third kappa shape index (κ3) is 12.3. The van der Waals surface area contributed by atoms with E-state index < -0.39 is 6.09 Å². The van der Waals surface area contributed by atoms with Crippen molar-refractivity contribution in [3.05, 3.63) is 59.4 Å². The predicted octanol–water partition coefficient (Wildman–Crippen LogP) is 3.71. The van der Waals surface area contributed by atoms with E-state index in [0.29, 0.717) is 17.4 Å². The molecule has 0 radical (unpaired) electrons. The molecule has 0 saturated heterocycles. The molecule has 2 amide bonds. The maximum absolute atomic E-state index is 12.3. The molecular formula is C25H35FN4O5. The number of hydrogen-bond donors (Lipinski definition) is 4. The van der Waals surface area contributed by atoms with E-state index in [1.54, 1.807) is 26.4 Å². The molecule has 0 aliphatic heterocycles. The molecule has 0 saturated carbocycles. The lowest BCUT2D eigenvalue weighted by Gasteiger charge is -2.12. The van der Waals surface area contributed by atoms with Crippen molar-refractivity contribution >= 4 is 18.0 Å². The highest BCUT2D eigenvalue weighted by atomic mass is 19.1. The first-order valence-corrected chi connectivity index (χ1v) is 11.1. The second-order valence-corrected chi connectivity index (χ2v) is 8.19. The molecule has 1 atom stereocenters. The van der Waals surface area contributed by atoms with E-state index >= 15 is 0 Å². The van der Waals surface area contributed by atoms with Gasteiger partial charge in [-0.25, -0.2) is 9.18 Å². The molecule has 2 aromatic rings. The van der Waals surface area contributed by atoms with Gasteiger partial charge in [-0.05, 0) is 54.7 Å². The van der Waals surface area contributed by atoms with Crippen molar-refractivity contribution in [2.24, 2.45) is 16.6 Å². The maximum atomic E-state index is 12.3. The number of carbonyl (C=O) groups excluding carboxylic acids is 1. The number of amides is 2. The van der Waals surface area contributed by atoms with Crippen LogP contribution >= 0.6 is 0 Å². The highest BCUT2D eigenvalue weighted by Gasteiger charge is 2.10. The van der Waals surface area contributed by atoms with Gasteiger partial charge in [0.2, 0.25) is 5.91 Å². The fourth-order valence-electron chi connectivity index (χ4n) is 3.15. The van der Waals surface area contributed by atoms with Crippen LogP contribution in [0.4, 0.5) is 9.18 Å². The first kappa shape index (κ1) is 29.2. The van der Waals surface area contributed by atoms with Crippen LogP contribution in [0, 0.1) is 11.7 Å². The van der Waals surface area contributed by atoms with Crippen LogP contribution in [-0.4, -0.2) is 43.3 Å². The first-order chi connectivity index (χ1) is 16.5. The van der Waals surface area contributed by atoms with Gasteiger partial charge >= 0.3 is 6.09 Å². The van der Waals surface area contributed by atoms with Crippen molar-refractivity contribution in [1.82, 2.24) is 10.6 Å². The molecule has 2 rings (SSSR count). The molecule has 2 aromatic carbocycles. The van der Waals surface area contributed by atoms with Crippen LogP contribution in [0.25, 0.3) is 0 Å². The van der Waals surface area contributed by atoms with Crippen LogP contribution in [0.15, 0.2) is 47.5 Å². The van der Waals surface area contributed by atoms with Gasteiger partial charge in [-0.2, -0.15) is 0 Å². The quantitative estimate of drug-likeness (QED) is 0.313. The molecule has 35 heavy (non-hydrogen) atoms. The first-order valence-electron chi connectivity index (χ1n) is 11.1. The number of nitrogens with one attached hydrogen (secondary N) is 2. The summed E-state index contributed by atoms with van der Waals surface area (Å²) in [7, 11) is 3.13. The van der Waals surface area contributed by atoms with Gasteiger partial charge in [-0.1, -0.05) is 32.0 Å². The van der Waals surface area contributed by atoms with Crippen LogP contribution in [-0.2, 0) is 17.8 Å². The predicted molar refractivity (Wildman–Crippen MR) is 133 cm³/mol. The zero-order valence-electron chi connectivity index (χ0n) is 20.8. The Kier molecular flexibility index (Phi) is 12.6. The normalized spacial score (nSPS) is 11.7. The zero-order valence-corrected chi connectivity index (χ0v) is 20.8. The minimum absolute atomic E-state index is 0.0800. The van der Waals surface area contributed by atoms with Crippen LogP contribution in [0.5, 0.6) is 11.5 Å². The summed E-state index contributed by atoms with van der Waals surface area (Å²) < 4.78 is 22.7. The van der Waals surface area contributed by atoms with Crippen molar-refractivity contribution in [3.63, 3.8) is 0 Å². The largest absolute Gasteiger partial charge is 0.493 e. The summed E-state index contributed by atoms with van der Waals surface area (Å²) in [5.41, 5.74) is 7.32. The summed E-state index contributed by atoms with van der Waals surface area (Å²) in [6, 6.07) is 11.1. The Morgan fingerprint density at radius 1 is 1.03 bits per heavy atom. The van der Waals surface area contributed by atoms with Gasteiger partial charge in [0.05, 0.1) is 26.7 Å². The Hall–Kier alpha value is -3.82. The van der Waals surface area contributed by atoms with Crippen LogP contribution in [0.2, 0.25) is 0 Å². The molecule has 9 nitrogen and oxygen atoms in total. The number of nitrogens with two attached hydrogens (primary N) is 1. The van der Waals surface area contributed by atoms with Gasteiger partial charge in [-0.3, -0.25) is 15.1 Å². The van der Waals surface area contributed by atoms with E-state index in [9.17, 15) is 14.0 Å². The van der Waals surface area contributed by atoms with Gasteiger partial charge in [0.1, 0.15) is 5.82 Å². The summed E-state index contributed by atoms with van der Waals surface area (Å²) in [4.78, 5) is 26.4. The van der Waals surface area contributed by atoms with E-state index in [2.05, 4.69) is 29.5 Å². The number of benzene rings is 2. The van der Waals surface area contributed by atoms with Gasteiger partial charge in [0.15, 0.2) is 17.5 Å². The molecule has 0 aliphatic carbocycles. The number of rotatable bonds is 9. The lowest BCUT2D eigenvalue weighted by molar-refractivity contribution is -0.119. The smallest absolute Gasteiger partial charge is 0.404 e. The van der Waals surface area contributed by atoms with Crippen molar-refractivity contribution in [2.75, 3.05) is 14.2 Å². The Morgan fingerprint density at radius 3 is 2.17 bits per heavy atom. The van der Waals surface area contributed by atoms with E-state index in [1.165, 1.54) is 24.3 Å². The molecule has 0 fully saturated rings. The average Bonchev–Trinajstić information content (AvgIpc) is 2.78. The van der Waals surface area contributed by atoms with Gasteiger partial charge < -0.3 is 25.6 Å². The molecule has 0 heterocycles. The summed E-state index contributed by atoms with van der Waals surface area (Å²) in [5.74, 6) is 1.36. The fraction of sp³-hybridized carbons (Fsp3) is 0.400. The third-order valence-corrected chi connectivity index (χ3v) is 4.61. The standard InChI is InChI=1S/C17H27N3O3.C8H8FNO2/c1-11(2)8-12(3)19-17(18)20-16(21)10-13-6-7-14(22-4)15(9-13)23-5;9-7-3-1-6(2-4-7)5-10-8(11)12/h6-7,9,11-12H,8,10H2,1-5H3,(H3,18,19,20,21);1-4,10H,5H2,(H,11,12)/t12-;/m1./s1. The Balaban J connectivity index is 0.000000427. The van der Waals surface area contributed by atoms with Gasteiger partial charge in [0.25, 0.3) is 0 Å². The van der Waals surface area contributed by atoms with Crippen LogP contribution < -0.4 is 25.8 Å². The molecule has 0 spiro atoms. The second kappa shape index (κ2) is 15.2. The summed E-state index contributed by atoms with van der Waals surface area (Å²) in [5, 5.41) is 13.0. The highest BCUT2D eigenvalue weighted by molar-refractivity contribution is 5.97. The number of carboxylic acid groups (broad SMARTS) is 1. The number of aliphatic imine (C=N–C) groups is 1. The summed E-state index contributed by atoms with van der Waals surface area (Å²) in [6.45, 7) is 6.43. The Bertz CT molecular complexity index is 980. The molecule has 0 aliphatic rings. The Morgan fingerprint density at radius 2 is 1.63 bits per heavy atom. The van der Waals surface area contributed by atoms with Crippen molar-refractivity contribution in [1.29, 1.82) is 0 Å². The molecule has 5 N–H and O–H groups in total. The molecule has 10 heteroatoms. The minimum atomic E-state index is -1.08. The second-order valence-electron chi connectivity index (χ2n) is 8.19. The SMILES string of the molecule is COc1ccc(CC(=O)NC(N)=N[C@H](C)CC(C)C)cc1OC.O=C(O)NCc1ccc(F)cc1. The lowest BCUT2D eigenvalue weighted by atomic mass is 10.1. The van der Waals surface area contributed by atoms with Crippen LogP contribution in [0.3, 0.4) is 0 Å². The highest BCUT2D eigenvalue weighted by Crippen LogP contribution is 2.27. The van der Waals surface area contributed by atoms with E-state index in [1.807, 2.05) is 13.0 Å². The average molecular weight is 491 g/mol. The molecule has 192 valence electrons. The van der Waals surface area contributed by atoms with Crippen molar-refractivity contribution in [2.45, 2.75) is 46.2 Å². The van der Waals surface area contributed by atoms with Crippen molar-refractivity contribution < 1.29 is 28.6 Å². The number of halogens is 1. The van der Waals surface area contributed by atoms with E-state index in [0.717, 1.165) is 17.5 Å². The number of hydrogen-bond acceptors (Lipinski definition) is 5. The third-order valence-electron chi connectivity index (χ3n) is 4.61. The molecule has 0 aromatic heterocycles. The number of nitrogens with zero attached hydrogens (tertiary/aromatic N) is 1. The Labute approximate surface area is 205 Å². The fourth-order valence-corrected chi connectivity index (χ4v) is 3.15. The number of guanidine groups is 1. The maximum Gasteiger partial charge on any atom is 0.404 e. The van der Waals surface area contributed by atoms with Crippen molar-refractivity contribution in [3.8, 4) is 11.5 Å². The molecule has 0 unspecified atom stereocenters. The lowest BCUT2D eigenvalue weighted by Crippen LogP contribution is -2.38. The van der Waals surface area contributed by atoms with Gasteiger partial charge in [0, 0.05) is 6.54 Å². The summed E-state index contributed by atoms with van der Waals surface area (Å²) in [6.07, 6.45) is 0.0285. The summed E-state index contributed by atoms with van der Waals surface area (Å²) >= 11 is 0. The topological polar surface area (TPSA) is 135 Å². The van der Waals surface area contributed by atoms with Gasteiger partial charge in [-0.15, -0.1) is 0 Å². The monoisotopic (exact) mass is 490 g/mol.